The Hall–Kier alpha value is -1.82. The van der Waals surface area contributed by atoms with Crippen LogP contribution in [0.2, 0.25) is 0 Å². The van der Waals surface area contributed by atoms with Crippen LogP contribution in [0.25, 0.3) is 0 Å². The van der Waals surface area contributed by atoms with Crippen LogP contribution in [0.4, 0.5) is 0 Å². The predicted octanol–water partition coefficient (Wildman–Crippen LogP) is 1.49. The van der Waals surface area contributed by atoms with Gasteiger partial charge in [-0.15, -0.1) is 0 Å². The van der Waals surface area contributed by atoms with Crippen LogP contribution in [-0.2, 0) is 13.0 Å². The second kappa shape index (κ2) is 5.01. The fourth-order valence-electron chi connectivity index (χ4n) is 1.68. The molecule has 1 aromatic carbocycles. The van der Waals surface area contributed by atoms with Gasteiger partial charge in [-0.05, 0) is 30.3 Å². The molecule has 0 atom stereocenters. The van der Waals surface area contributed by atoms with Crippen molar-refractivity contribution in [1.29, 1.82) is 0 Å². The van der Waals surface area contributed by atoms with E-state index in [0.29, 0.717) is 17.7 Å². The minimum absolute atomic E-state index is 0.218. The zero-order valence-electron chi connectivity index (χ0n) is 9.40. The third-order valence-electron chi connectivity index (χ3n) is 2.56. The summed E-state index contributed by atoms with van der Waals surface area (Å²) in [6.45, 7) is 0.526. The van der Waals surface area contributed by atoms with E-state index in [1.807, 2.05) is 24.3 Å². The van der Waals surface area contributed by atoms with E-state index < -0.39 is 0 Å². The number of aromatic amines is 2. The Morgan fingerprint density at radius 3 is 2.76 bits per heavy atom. The molecule has 0 aliphatic rings. The average Bonchev–Trinajstić information content (AvgIpc) is 2.67. The van der Waals surface area contributed by atoms with Gasteiger partial charge in [0.25, 0.3) is 0 Å². The van der Waals surface area contributed by atoms with Crippen LogP contribution in [0.15, 0.2) is 29.1 Å². The molecule has 2 aromatic rings. The molecule has 1 aromatic heterocycles. The third kappa shape index (κ3) is 2.47. The summed E-state index contributed by atoms with van der Waals surface area (Å²) in [7, 11) is 1.63. The van der Waals surface area contributed by atoms with Gasteiger partial charge >= 0.3 is 5.69 Å². The van der Waals surface area contributed by atoms with E-state index in [-0.39, 0.29) is 5.69 Å². The number of methoxy groups -OCH3 is 1. The summed E-state index contributed by atoms with van der Waals surface area (Å²) in [6.07, 6.45) is 0.694. The molecular weight excluding hydrogens is 238 g/mol. The second-order valence-electron chi connectivity index (χ2n) is 3.57. The number of para-hydroxylation sites is 1. The van der Waals surface area contributed by atoms with Crippen molar-refractivity contribution in [3.05, 3.63) is 45.1 Å². The molecule has 17 heavy (non-hydrogen) atoms. The minimum Gasteiger partial charge on any atom is -0.496 e. The number of aromatic nitrogens is 3. The third-order valence-corrected chi connectivity index (χ3v) is 2.89. The quantitative estimate of drug-likeness (QED) is 0.809. The first-order valence-electron chi connectivity index (χ1n) is 5.21. The Morgan fingerprint density at radius 1 is 1.35 bits per heavy atom. The SMILES string of the molecule is COc1ccccc1CCn1c(=O)[nH][nH]c1=S. The molecule has 0 saturated heterocycles. The first-order valence-corrected chi connectivity index (χ1v) is 5.62. The van der Waals surface area contributed by atoms with E-state index in [2.05, 4.69) is 10.2 Å². The molecule has 0 aliphatic heterocycles. The van der Waals surface area contributed by atoms with Gasteiger partial charge in [-0.25, -0.2) is 9.89 Å². The number of nitrogens with zero attached hydrogens (tertiary/aromatic N) is 1. The number of hydrogen-bond acceptors (Lipinski definition) is 3. The van der Waals surface area contributed by atoms with E-state index in [9.17, 15) is 4.79 Å². The number of ether oxygens (including phenoxy) is 1. The van der Waals surface area contributed by atoms with Crippen LogP contribution < -0.4 is 10.4 Å². The molecule has 0 saturated carbocycles. The summed E-state index contributed by atoms with van der Waals surface area (Å²) in [5.74, 6) is 0.825. The highest BCUT2D eigenvalue weighted by Gasteiger charge is 2.04. The van der Waals surface area contributed by atoms with Crippen molar-refractivity contribution in [2.75, 3.05) is 7.11 Å². The van der Waals surface area contributed by atoms with Crippen LogP contribution in [0, 0.1) is 4.77 Å². The average molecular weight is 251 g/mol. The van der Waals surface area contributed by atoms with Crippen LogP contribution in [0.5, 0.6) is 5.75 Å². The lowest BCUT2D eigenvalue weighted by Crippen LogP contribution is -2.18. The number of rotatable bonds is 4. The molecule has 90 valence electrons. The topological polar surface area (TPSA) is 62.8 Å². The highest BCUT2D eigenvalue weighted by atomic mass is 32.1. The fraction of sp³-hybridized carbons (Fsp3) is 0.273. The van der Waals surface area contributed by atoms with Gasteiger partial charge in [-0.1, -0.05) is 18.2 Å². The highest BCUT2D eigenvalue weighted by molar-refractivity contribution is 7.71. The highest BCUT2D eigenvalue weighted by Crippen LogP contribution is 2.17. The van der Waals surface area contributed by atoms with Gasteiger partial charge in [0.1, 0.15) is 5.75 Å². The van der Waals surface area contributed by atoms with Gasteiger partial charge in [0.15, 0.2) is 4.77 Å². The standard InChI is InChI=1S/C11H13N3O2S/c1-16-9-5-3-2-4-8(9)6-7-14-10(15)12-13-11(14)17/h2-5H,6-7H2,1H3,(H,12,15)(H,13,17). The van der Waals surface area contributed by atoms with E-state index in [4.69, 9.17) is 17.0 Å². The normalized spacial score (nSPS) is 10.4. The minimum atomic E-state index is -0.218. The summed E-state index contributed by atoms with van der Waals surface area (Å²) in [5, 5.41) is 5.06. The van der Waals surface area contributed by atoms with E-state index >= 15 is 0 Å². The van der Waals surface area contributed by atoms with Crippen molar-refractivity contribution in [1.82, 2.24) is 14.8 Å². The number of H-pyrrole nitrogens is 2. The molecule has 2 rings (SSSR count). The molecule has 0 unspecified atom stereocenters. The molecule has 0 bridgehead atoms. The predicted molar refractivity (Wildman–Crippen MR) is 66.9 cm³/mol. The lowest BCUT2D eigenvalue weighted by atomic mass is 10.1. The smallest absolute Gasteiger partial charge is 0.342 e. The molecular formula is C11H13N3O2S. The molecule has 0 spiro atoms. The molecule has 6 heteroatoms. The fourth-order valence-corrected chi connectivity index (χ4v) is 1.90. The summed E-state index contributed by atoms with van der Waals surface area (Å²) in [5.41, 5.74) is 0.836. The van der Waals surface area contributed by atoms with Gasteiger partial charge in [-0.3, -0.25) is 9.67 Å². The van der Waals surface area contributed by atoms with Crippen LogP contribution in [0.1, 0.15) is 5.56 Å². The molecule has 0 amide bonds. The zero-order chi connectivity index (χ0) is 12.3. The van der Waals surface area contributed by atoms with E-state index in [1.165, 1.54) is 4.57 Å². The Balaban J connectivity index is 2.18. The first kappa shape index (κ1) is 11.7. The van der Waals surface area contributed by atoms with Crippen LogP contribution >= 0.6 is 12.2 Å². The Kier molecular flexibility index (Phi) is 3.43. The van der Waals surface area contributed by atoms with Gasteiger partial charge < -0.3 is 4.74 Å². The summed E-state index contributed by atoms with van der Waals surface area (Å²) >= 11 is 4.99. The molecule has 2 N–H and O–H groups in total. The monoisotopic (exact) mass is 251 g/mol. The Labute approximate surface area is 103 Å². The van der Waals surface area contributed by atoms with Gasteiger partial charge in [-0.2, -0.15) is 0 Å². The van der Waals surface area contributed by atoms with Crippen molar-refractivity contribution < 1.29 is 4.74 Å². The van der Waals surface area contributed by atoms with Crippen molar-refractivity contribution in [3.63, 3.8) is 0 Å². The number of aryl methyl sites for hydroxylation is 1. The van der Waals surface area contributed by atoms with Crippen molar-refractivity contribution in [2.45, 2.75) is 13.0 Å². The van der Waals surface area contributed by atoms with E-state index in [1.54, 1.807) is 7.11 Å². The number of benzene rings is 1. The largest absolute Gasteiger partial charge is 0.496 e. The second-order valence-corrected chi connectivity index (χ2v) is 3.96. The lowest BCUT2D eigenvalue weighted by molar-refractivity contribution is 0.408. The molecule has 5 nitrogen and oxygen atoms in total. The first-order chi connectivity index (χ1) is 8.22. The summed E-state index contributed by atoms with van der Waals surface area (Å²) in [4.78, 5) is 11.4. The Morgan fingerprint density at radius 2 is 2.12 bits per heavy atom. The maximum Gasteiger partial charge on any atom is 0.342 e. The van der Waals surface area contributed by atoms with Crippen molar-refractivity contribution >= 4 is 12.2 Å². The lowest BCUT2D eigenvalue weighted by Gasteiger charge is -2.07. The van der Waals surface area contributed by atoms with Gasteiger partial charge in [0.2, 0.25) is 0 Å². The molecule has 1 heterocycles. The number of nitrogens with one attached hydrogen (secondary N) is 2. The van der Waals surface area contributed by atoms with E-state index in [0.717, 1.165) is 11.3 Å². The number of hydrogen-bond donors (Lipinski definition) is 2. The summed E-state index contributed by atoms with van der Waals surface area (Å²) in [6, 6.07) is 7.73. The van der Waals surface area contributed by atoms with Crippen LogP contribution in [0.3, 0.4) is 0 Å². The summed E-state index contributed by atoms with van der Waals surface area (Å²) < 4.78 is 7.14. The molecule has 0 fully saturated rings. The Bertz CT molecular complexity index is 584. The molecule has 0 radical (unpaired) electrons. The maximum atomic E-state index is 11.4. The maximum absolute atomic E-state index is 11.4. The molecule has 0 aliphatic carbocycles. The van der Waals surface area contributed by atoms with Gasteiger partial charge in [0.05, 0.1) is 7.11 Å². The zero-order valence-corrected chi connectivity index (χ0v) is 10.2. The van der Waals surface area contributed by atoms with Crippen LogP contribution in [-0.4, -0.2) is 21.9 Å². The van der Waals surface area contributed by atoms with Crippen molar-refractivity contribution in [3.8, 4) is 5.75 Å². The van der Waals surface area contributed by atoms with Gasteiger partial charge in [0, 0.05) is 6.54 Å². The van der Waals surface area contributed by atoms with Crippen molar-refractivity contribution in [2.24, 2.45) is 0 Å².